The fourth-order valence-electron chi connectivity index (χ4n) is 2.71. The first-order valence-electron chi connectivity index (χ1n) is 9.02. The molecule has 0 bridgehead atoms. The van der Waals surface area contributed by atoms with E-state index >= 15 is 0 Å². The number of aromatic nitrogens is 2. The average Bonchev–Trinajstić information content (AvgIpc) is 2.71. The molecule has 0 saturated carbocycles. The van der Waals surface area contributed by atoms with Crippen LogP contribution in [0.3, 0.4) is 0 Å². The minimum atomic E-state index is -0.395. The van der Waals surface area contributed by atoms with Gasteiger partial charge in [0.25, 0.3) is 5.56 Å². The van der Waals surface area contributed by atoms with Crippen molar-refractivity contribution in [3.8, 4) is 5.69 Å². The Morgan fingerprint density at radius 2 is 1.79 bits per heavy atom. The molecule has 3 rings (SSSR count). The number of hydrogen-bond acceptors (Lipinski definition) is 4. The number of anilines is 1. The molecular weight excluding hydrogens is 397 g/mol. The number of hydrogen-bond donors (Lipinski definition) is 1. The second-order valence-corrected chi connectivity index (χ2v) is 7.05. The molecule has 28 heavy (non-hydrogen) atoms. The molecule has 0 radical (unpaired) electrons. The van der Waals surface area contributed by atoms with Gasteiger partial charge in [-0.3, -0.25) is 4.79 Å². The van der Waals surface area contributed by atoms with E-state index in [-0.39, 0.29) is 5.02 Å². The number of nitrogens with one attached hydrogen (secondary N) is 1. The summed E-state index contributed by atoms with van der Waals surface area (Å²) in [7, 11) is 0. The highest BCUT2D eigenvalue weighted by Crippen LogP contribution is 2.20. The Morgan fingerprint density at radius 1 is 1.07 bits per heavy atom. The van der Waals surface area contributed by atoms with Gasteiger partial charge in [0.05, 0.1) is 24.2 Å². The van der Waals surface area contributed by atoms with Crippen LogP contribution in [0.4, 0.5) is 5.69 Å². The fraction of sp³-hybridized carbons (Fsp3) is 0.238. The van der Waals surface area contributed by atoms with Gasteiger partial charge < -0.3 is 10.1 Å². The molecule has 0 aliphatic heterocycles. The summed E-state index contributed by atoms with van der Waals surface area (Å²) in [6, 6.07) is 14.8. The van der Waals surface area contributed by atoms with E-state index in [0.29, 0.717) is 29.5 Å². The second-order valence-electron chi connectivity index (χ2n) is 6.24. The Hall–Kier alpha value is -2.34. The summed E-state index contributed by atoms with van der Waals surface area (Å²) in [5, 5.41) is 8.10. The molecule has 1 heterocycles. The van der Waals surface area contributed by atoms with Crippen LogP contribution >= 0.6 is 23.2 Å². The van der Waals surface area contributed by atoms with Gasteiger partial charge in [-0.25, -0.2) is 0 Å². The Balaban J connectivity index is 1.76. The molecule has 5 nitrogen and oxygen atoms in total. The van der Waals surface area contributed by atoms with Crippen LogP contribution in [0.25, 0.3) is 5.69 Å². The Bertz CT molecular complexity index is 988. The highest BCUT2D eigenvalue weighted by atomic mass is 35.5. The van der Waals surface area contributed by atoms with Crippen LogP contribution in [0, 0.1) is 0 Å². The lowest BCUT2D eigenvalue weighted by Gasteiger charge is -2.13. The molecule has 0 amide bonds. The molecule has 1 aromatic heterocycles. The van der Waals surface area contributed by atoms with Crippen molar-refractivity contribution in [3.63, 3.8) is 0 Å². The molecule has 1 N–H and O–H groups in total. The lowest BCUT2D eigenvalue weighted by molar-refractivity contribution is 0.121. The maximum absolute atomic E-state index is 12.6. The first-order valence-corrected chi connectivity index (χ1v) is 9.78. The van der Waals surface area contributed by atoms with Crippen molar-refractivity contribution in [2.24, 2.45) is 0 Å². The van der Waals surface area contributed by atoms with E-state index in [2.05, 4.69) is 17.3 Å². The van der Waals surface area contributed by atoms with Crippen LogP contribution in [0.15, 0.2) is 59.5 Å². The van der Waals surface area contributed by atoms with E-state index in [4.69, 9.17) is 27.9 Å². The third-order valence-electron chi connectivity index (χ3n) is 4.18. The maximum Gasteiger partial charge on any atom is 0.292 e. The Labute approximate surface area is 173 Å². The first kappa shape index (κ1) is 20.4. The van der Waals surface area contributed by atoms with Gasteiger partial charge in [-0.15, -0.1) is 0 Å². The molecule has 146 valence electrons. The van der Waals surface area contributed by atoms with Gasteiger partial charge >= 0.3 is 0 Å². The van der Waals surface area contributed by atoms with Crippen molar-refractivity contribution >= 4 is 28.9 Å². The third kappa shape index (κ3) is 4.93. The predicted molar refractivity (Wildman–Crippen MR) is 114 cm³/mol. The Kier molecular flexibility index (Phi) is 7.09. The van der Waals surface area contributed by atoms with Gasteiger partial charge in [-0.1, -0.05) is 54.4 Å². The molecule has 7 heteroatoms. The molecule has 2 aromatic carbocycles. The Morgan fingerprint density at radius 3 is 2.50 bits per heavy atom. The van der Waals surface area contributed by atoms with E-state index in [0.717, 1.165) is 24.2 Å². The largest absolute Gasteiger partial charge is 0.378 e. The molecule has 0 spiro atoms. The lowest BCUT2D eigenvalue weighted by atomic mass is 10.1. The number of rotatable bonds is 8. The number of benzene rings is 2. The predicted octanol–water partition coefficient (Wildman–Crippen LogP) is 5.08. The van der Waals surface area contributed by atoms with Gasteiger partial charge in [0.2, 0.25) is 0 Å². The van der Waals surface area contributed by atoms with Crippen molar-refractivity contribution in [2.45, 2.75) is 26.5 Å². The highest BCUT2D eigenvalue weighted by molar-refractivity contribution is 6.33. The monoisotopic (exact) mass is 417 g/mol. The van der Waals surface area contributed by atoms with Crippen LogP contribution in [-0.4, -0.2) is 16.4 Å². The van der Waals surface area contributed by atoms with E-state index < -0.39 is 5.56 Å². The zero-order valence-corrected chi connectivity index (χ0v) is 17.0. The molecule has 0 saturated heterocycles. The molecular formula is C21H21Cl2N3O2. The highest BCUT2D eigenvalue weighted by Gasteiger charge is 2.11. The molecule has 0 fully saturated rings. The molecule has 0 unspecified atom stereocenters. The summed E-state index contributed by atoms with van der Waals surface area (Å²) < 4.78 is 6.89. The van der Waals surface area contributed by atoms with Crippen LogP contribution in [-0.2, 0) is 17.9 Å². The molecule has 0 atom stereocenters. The van der Waals surface area contributed by atoms with Crippen LogP contribution in [0.5, 0.6) is 0 Å². The summed E-state index contributed by atoms with van der Waals surface area (Å²) in [6.07, 6.45) is 2.53. The summed E-state index contributed by atoms with van der Waals surface area (Å²) in [5.41, 5.74) is 2.87. The van der Waals surface area contributed by atoms with Gasteiger partial charge in [0, 0.05) is 18.2 Å². The zero-order chi connectivity index (χ0) is 19.9. The van der Waals surface area contributed by atoms with Crippen molar-refractivity contribution < 1.29 is 4.74 Å². The van der Waals surface area contributed by atoms with Gasteiger partial charge in [0.1, 0.15) is 5.02 Å². The molecule has 3 aromatic rings. The van der Waals surface area contributed by atoms with Crippen LogP contribution < -0.4 is 10.9 Å². The zero-order valence-electron chi connectivity index (χ0n) is 15.5. The summed E-state index contributed by atoms with van der Waals surface area (Å²) in [5.74, 6) is 0. The molecule has 0 aliphatic rings. The van der Waals surface area contributed by atoms with Crippen molar-refractivity contribution in [2.75, 3.05) is 11.9 Å². The number of halogens is 2. The van der Waals surface area contributed by atoms with Gasteiger partial charge in [-0.2, -0.15) is 9.78 Å². The first-order chi connectivity index (χ1) is 13.6. The van der Waals surface area contributed by atoms with Gasteiger partial charge in [-0.05, 0) is 41.8 Å². The normalized spacial score (nSPS) is 10.8. The fourth-order valence-corrected chi connectivity index (χ4v) is 3.03. The second kappa shape index (κ2) is 9.73. The minimum absolute atomic E-state index is 0.0877. The van der Waals surface area contributed by atoms with Gasteiger partial charge in [0.15, 0.2) is 0 Å². The third-order valence-corrected chi connectivity index (χ3v) is 4.80. The van der Waals surface area contributed by atoms with Crippen molar-refractivity contribution in [1.82, 2.24) is 9.78 Å². The van der Waals surface area contributed by atoms with Crippen LogP contribution in [0.2, 0.25) is 10.0 Å². The minimum Gasteiger partial charge on any atom is -0.378 e. The number of ether oxygens (including phenoxy) is 1. The smallest absolute Gasteiger partial charge is 0.292 e. The number of nitrogens with zero attached hydrogens (tertiary/aromatic N) is 2. The standard InChI is InChI=1S/C21H21Cl2N3O2/c1-2-11-28-14-16-6-4-3-5-15(16)12-24-19-13-25-26(21(27)20(19)23)18-9-7-17(22)8-10-18/h3-10,13,24H,2,11-12,14H2,1H3. The van der Waals surface area contributed by atoms with E-state index in [1.165, 1.54) is 4.68 Å². The average molecular weight is 418 g/mol. The van der Waals surface area contributed by atoms with Crippen molar-refractivity contribution in [3.05, 3.63) is 86.3 Å². The van der Waals surface area contributed by atoms with E-state index in [9.17, 15) is 4.79 Å². The quantitative estimate of drug-likeness (QED) is 0.519. The van der Waals surface area contributed by atoms with E-state index in [1.54, 1.807) is 30.5 Å². The summed E-state index contributed by atoms with van der Waals surface area (Å²) >= 11 is 12.2. The SMILES string of the molecule is CCCOCc1ccccc1CNc1cnn(-c2ccc(Cl)cc2)c(=O)c1Cl. The van der Waals surface area contributed by atoms with E-state index in [1.807, 2.05) is 24.3 Å². The summed E-state index contributed by atoms with van der Waals surface area (Å²) in [4.78, 5) is 12.6. The summed E-state index contributed by atoms with van der Waals surface area (Å²) in [6.45, 7) is 3.86. The topological polar surface area (TPSA) is 56.1 Å². The van der Waals surface area contributed by atoms with Crippen LogP contribution in [0.1, 0.15) is 24.5 Å². The molecule has 0 aliphatic carbocycles. The van der Waals surface area contributed by atoms with Crippen molar-refractivity contribution in [1.29, 1.82) is 0 Å². The maximum atomic E-state index is 12.6. The lowest BCUT2D eigenvalue weighted by Crippen LogP contribution is -2.22.